The van der Waals surface area contributed by atoms with Crippen LogP contribution < -0.4 is 5.32 Å². The molecule has 1 fully saturated rings. The molecular weight excluding hydrogens is 228 g/mol. The highest BCUT2D eigenvalue weighted by Crippen LogP contribution is 2.29. The number of carbonyl (C=O) groups excluding carboxylic acids is 1. The number of rotatable bonds is 2. The molecule has 0 bridgehead atoms. The number of hydrogen-bond donors (Lipinski definition) is 2. The van der Waals surface area contributed by atoms with E-state index in [0.717, 1.165) is 16.6 Å². The van der Waals surface area contributed by atoms with Gasteiger partial charge in [-0.3, -0.25) is 9.78 Å². The fraction of sp³-hybridized carbons (Fsp3) is 0.286. The number of nitrogens with zero attached hydrogens (tertiary/aromatic N) is 1. The summed E-state index contributed by atoms with van der Waals surface area (Å²) in [6.07, 6.45) is 2.52. The molecule has 3 rings (SSSR count). The Bertz CT molecular complexity index is 586. The van der Waals surface area contributed by atoms with Crippen LogP contribution in [0.1, 0.15) is 12.8 Å². The van der Waals surface area contributed by atoms with E-state index in [0.29, 0.717) is 12.8 Å². The number of para-hydroxylation sites is 1. The van der Waals surface area contributed by atoms with E-state index in [1.807, 2.05) is 30.3 Å². The quantitative estimate of drug-likeness (QED) is 0.846. The summed E-state index contributed by atoms with van der Waals surface area (Å²) in [4.78, 5) is 16.2. The third-order valence-electron chi connectivity index (χ3n) is 3.37. The second-order valence-corrected chi connectivity index (χ2v) is 4.69. The van der Waals surface area contributed by atoms with Crippen molar-refractivity contribution in [3.8, 4) is 0 Å². The van der Waals surface area contributed by atoms with Gasteiger partial charge in [0.15, 0.2) is 0 Å². The Balaban J connectivity index is 1.84. The Kier molecular flexibility index (Phi) is 2.72. The molecule has 2 aromatic rings. The molecule has 2 N–H and O–H groups in total. The standard InChI is InChI=1S/C14H14N2O2/c17-11-7-10(8-11)14(18)16-12-5-1-3-9-4-2-6-15-13(9)12/h1-6,10-11,17H,7-8H2,(H,16,18). The lowest BCUT2D eigenvalue weighted by molar-refractivity contribution is -0.126. The van der Waals surface area contributed by atoms with E-state index < -0.39 is 0 Å². The van der Waals surface area contributed by atoms with Crippen molar-refractivity contribution in [2.45, 2.75) is 18.9 Å². The molecule has 0 aliphatic heterocycles. The van der Waals surface area contributed by atoms with Crippen LogP contribution >= 0.6 is 0 Å². The van der Waals surface area contributed by atoms with Gasteiger partial charge < -0.3 is 10.4 Å². The van der Waals surface area contributed by atoms with E-state index in [1.54, 1.807) is 6.20 Å². The van der Waals surface area contributed by atoms with Crippen LogP contribution in [-0.2, 0) is 4.79 Å². The fourth-order valence-electron chi connectivity index (χ4n) is 2.24. The van der Waals surface area contributed by atoms with Crippen LogP contribution in [0.15, 0.2) is 36.5 Å². The number of aliphatic hydroxyl groups excluding tert-OH is 1. The number of aliphatic hydroxyl groups is 1. The van der Waals surface area contributed by atoms with E-state index in [1.165, 1.54) is 0 Å². The van der Waals surface area contributed by atoms with Crippen molar-refractivity contribution in [2.75, 3.05) is 5.32 Å². The third kappa shape index (κ3) is 1.95. The van der Waals surface area contributed by atoms with E-state index in [4.69, 9.17) is 0 Å². The van der Waals surface area contributed by atoms with Gasteiger partial charge in [0.2, 0.25) is 5.91 Å². The molecule has 1 heterocycles. The van der Waals surface area contributed by atoms with Crippen molar-refractivity contribution in [1.82, 2.24) is 4.98 Å². The normalized spacial score (nSPS) is 22.5. The smallest absolute Gasteiger partial charge is 0.227 e. The number of hydrogen-bond acceptors (Lipinski definition) is 3. The monoisotopic (exact) mass is 242 g/mol. The molecule has 0 unspecified atom stereocenters. The predicted octanol–water partition coefficient (Wildman–Crippen LogP) is 1.94. The largest absolute Gasteiger partial charge is 0.393 e. The number of aromatic nitrogens is 1. The van der Waals surface area contributed by atoms with Crippen LogP contribution in [-0.4, -0.2) is 22.1 Å². The van der Waals surface area contributed by atoms with Gasteiger partial charge in [-0.1, -0.05) is 18.2 Å². The number of anilines is 1. The van der Waals surface area contributed by atoms with Crippen molar-refractivity contribution >= 4 is 22.5 Å². The maximum atomic E-state index is 11.9. The van der Waals surface area contributed by atoms with Crippen molar-refractivity contribution in [3.05, 3.63) is 36.5 Å². The van der Waals surface area contributed by atoms with Crippen LogP contribution in [0.25, 0.3) is 10.9 Å². The zero-order valence-electron chi connectivity index (χ0n) is 9.84. The van der Waals surface area contributed by atoms with E-state index in [9.17, 15) is 9.90 Å². The Morgan fingerprint density at radius 1 is 1.28 bits per heavy atom. The average Bonchev–Trinajstić information content (AvgIpc) is 2.35. The lowest BCUT2D eigenvalue weighted by atomic mass is 9.82. The summed E-state index contributed by atoms with van der Waals surface area (Å²) in [5, 5.41) is 13.1. The molecule has 0 radical (unpaired) electrons. The summed E-state index contributed by atoms with van der Waals surface area (Å²) in [5.74, 6) is -0.0996. The highest BCUT2D eigenvalue weighted by atomic mass is 16.3. The minimum Gasteiger partial charge on any atom is -0.393 e. The minimum atomic E-state index is -0.314. The van der Waals surface area contributed by atoms with Crippen molar-refractivity contribution in [2.24, 2.45) is 5.92 Å². The molecule has 1 saturated carbocycles. The number of nitrogens with one attached hydrogen (secondary N) is 1. The fourth-order valence-corrected chi connectivity index (χ4v) is 2.24. The Morgan fingerprint density at radius 2 is 2.06 bits per heavy atom. The van der Waals surface area contributed by atoms with Gasteiger partial charge in [0.25, 0.3) is 0 Å². The number of amides is 1. The molecule has 1 amide bonds. The highest BCUT2D eigenvalue weighted by molar-refractivity contribution is 6.01. The first-order chi connectivity index (χ1) is 8.74. The van der Waals surface area contributed by atoms with E-state index in [2.05, 4.69) is 10.3 Å². The van der Waals surface area contributed by atoms with Crippen LogP contribution in [0.4, 0.5) is 5.69 Å². The van der Waals surface area contributed by atoms with Crippen LogP contribution in [0.2, 0.25) is 0 Å². The summed E-state index contributed by atoms with van der Waals surface area (Å²) in [7, 11) is 0. The summed E-state index contributed by atoms with van der Waals surface area (Å²) < 4.78 is 0. The predicted molar refractivity (Wildman–Crippen MR) is 69.1 cm³/mol. The molecule has 0 atom stereocenters. The number of fused-ring (bicyclic) bond motifs is 1. The first-order valence-electron chi connectivity index (χ1n) is 6.07. The van der Waals surface area contributed by atoms with E-state index >= 15 is 0 Å². The van der Waals surface area contributed by atoms with Crippen molar-refractivity contribution in [1.29, 1.82) is 0 Å². The summed E-state index contributed by atoms with van der Waals surface area (Å²) >= 11 is 0. The minimum absolute atomic E-state index is 0.0292. The molecule has 1 aliphatic carbocycles. The SMILES string of the molecule is O=C(Nc1cccc2cccnc12)C1CC(O)C1. The van der Waals surface area contributed by atoms with Crippen LogP contribution in [0, 0.1) is 5.92 Å². The topological polar surface area (TPSA) is 62.2 Å². The Hall–Kier alpha value is -1.94. The second-order valence-electron chi connectivity index (χ2n) is 4.69. The molecule has 0 saturated heterocycles. The summed E-state index contributed by atoms with van der Waals surface area (Å²) in [5.41, 5.74) is 1.53. The van der Waals surface area contributed by atoms with Gasteiger partial charge >= 0.3 is 0 Å². The van der Waals surface area contributed by atoms with E-state index in [-0.39, 0.29) is 17.9 Å². The zero-order valence-corrected chi connectivity index (χ0v) is 9.84. The van der Waals surface area contributed by atoms with Crippen molar-refractivity contribution in [3.63, 3.8) is 0 Å². The Morgan fingerprint density at radius 3 is 2.83 bits per heavy atom. The average molecular weight is 242 g/mol. The maximum Gasteiger partial charge on any atom is 0.227 e. The zero-order chi connectivity index (χ0) is 12.5. The maximum absolute atomic E-state index is 11.9. The molecule has 0 spiro atoms. The molecule has 92 valence electrons. The Labute approximate surface area is 105 Å². The molecular formula is C14H14N2O2. The molecule has 1 aromatic heterocycles. The number of pyridine rings is 1. The number of carbonyl (C=O) groups is 1. The highest BCUT2D eigenvalue weighted by Gasteiger charge is 2.33. The lowest BCUT2D eigenvalue weighted by Gasteiger charge is -2.30. The van der Waals surface area contributed by atoms with Gasteiger partial charge in [0.1, 0.15) is 0 Å². The van der Waals surface area contributed by atoms with Crippen LogP contribution in [0.3, 0.4) is 0 Å². The summed E-state index contributed by atoms with van der Waals surface area (Å²) in [6.45, 7) is 0. The molecule has 4 heteroatoms. The molecule has 18 heavy (non-hydrogen) atoms. The van der Waals surface area contributed by atoms with Gasteiger partial charge in [-0.2, -0.15) is 0 Å². The van der Waals surface area contributed by atoms with Gasteiger partial charge in [0, 0.05) is 17.5 Å². The van der Waals surface area contributed by atoms with Gasteiger partial charge in [-0.05, 0) is 25.0 Å². The third-order valence-corrected chi connectivity index (χ3v) is 3.37. The molecule has 1 aliphatic rings. The first kappa shape index (κ1) is 11.2. The molecule has 1 aromatic carbocycles. The summed E-state index contributed by atoms with van der Waals surface area (Å²) in [6, 6.07) is 9.55. The van der Waals surface area contributed by atoms with Gasteiger partial charge in [-0.25, -0.2) is 0 Å². The number of benzene rings is 1. The van der Waals surface area contributed by atoms with Gasteiger partial charge in [0.05, 0.1) is 17.3 Å². The lowest BCUT2D eigenvalue weighted by Crippen LogP contribution is -2.37. The first-order valence-corrected chi connectivity index (χ1v) is 6.07. The van der Waals surface area contributed by atoms with Gasteiger partial charge in [-0.15, -0.1) is 0 Å². The molecule has 4 nitrogen and oxygen atoms in total. The second kappa shape index (κ2) is 4.38. The van der Waals surface area contributed by atoms with Crippen molar-refractivity contribution < 1.29 is 9.90 Å². The van der Waals surface area contributed by atoms with Crippen LogP contribution in [0.5, 0.6) is 0 Å².